The minimum absolute atomic E-state index is 0.192. The summed E-state index contributed by atoms with van der Waals surface area (Å²) in [5, 5.41) is 3.22. The standard InChI is InChI=1S/C13H12FN/c14-12-6-4-5-11(9-12)10-15-13-7-2-1-3-8-13/h1-9,15H,10H2. The zero-order valence-electron chi connectivity index (χ0n) is 8.28. The lowest BCUT2D eigenvalue weighted by molar-refractivity contribution is 0.626. The average Bonchev–Trinajstić information content (AvgIpc) is 2.28. The molecule has 76 valence electrons. The molecule has 0 aliphatic rings. The Hall–Kier alpha value is -1.83. The van der Waals surface area contributed by atoms with Crippen LogP contribution in [0.15, 0.2) is 54.6 Å². The number of anilines is 1. The third kappa shape index (κ3) is 2.81. The molecule has 0 radical (unpaired) electrons. The van der Waals surface area contributed by atoms with Crippen LogP contribution in [0.3, 0.4) is 0 Å². The van der Waals surface area contributed by atoms with Gasteiger partial charge in [0.1, 0.15) is 5.82 Å². The highest BCUT2D eigenvalue weighted by Crippen LogP contribution is 2.09. The summed E-state index contributed by atoms with van der Waals surface area (Å²) >= 11 is 0. The Kier molecular flexibility index (Phi) is 2.98. The van der Waals surface area contributed by atoms with Gasteiger partial charge in [0.05, 0.1) is 0 Å². The highest BCUT2D eigenvalue weighted by atomic mass is 19.1. The fraction of sp³-hybridized carbons (Fsp3) is 0.0769. The van der Waals surface area contributed by atoms with Gasteiger partial charge in [-0.25, -0.2) is 4.39 Å². The van der Waals surface area contributed by atoms with Crippen molar-refractivity contribution in [1.82, 2.24) is 0 Å². The number of rotatable bonds is 3. The second-order valence-electron chi connectivity index (χ2n) is 3.35. The van der Waals surface area contributed by atoms with Crippen LogP contribution in [0.2, 0.25) is 0 Å². The van der Waals surface area contributed by atoms with Gasteiger partial charge in [-0.15, -0.1) is 0 Å². The molecule has 15 heavy (non-hydrogen) atoms. The predicted octanol–water partition coefficient (Wildman–Crippen LogP) is 3.44. The van der Waals surface area contributed by atoms with Crippen LogP contribution in [0.4, 0.5) is 10.1 Å². The van der Waals surface area contributed by atoms with Gasteiger partial charge in [-0.1, -0.05) is 30.3 Å². The molecule has 2 heteroatoms. The van der Waals surface area contributed by atoms with Gasteiger partial charge in [-0.05, 0) is 29.8 Å². The number of hydrogen-bond acceptors (Lipinski definition) is 1. The topological polar surface area (TPSA) is 12.0 Å². The Morgan fingerprint density at radius 3 is 2.47 bits per heavy atom. The smallest absolute Gasteiger partial charge is 0.123 e. The van der Waals surface area contributed by atoms with Crippen molar-refractivity contribution in [1.29, 1.82) is 0 Å². The molecule has 0 saturated carbocycles. The minimum atomic E-state index is -0.192. The number of halogens is 1. The predicted molar refractivity (Wildman–Crippen MR) is 60.2 cm³/mol. The van der Waals surface area contributed by atoms with Gasteiger partial charge >= 0.3 is 0 Å². The zero-order valence-corrected chi connectivity index (χ0v) is 8.28. The van der Waals surface area contributed by atoms with Crippen LogP contribution in [0.5, 0.6) is 0 Å². The van der Waals surface area contributed by atoms with Gasteiger partial charge in [0, 0.05) is 12.2 Å². The molecule has 0 amide bonds. The van der Waals surface area contributed by atoms with E-state index in [4.69, 9.17) is 0 Å². The van der Waals surface area contributed by atoms with Crippen molar-refractivity contribution in [2.45, 2.75) is 6.54 Å². The van der Waals surface area contributed by atoms with Gasteiger partial charge in [-0.3, -0.25) is 0 Å². The number of hydrogen-bond donors (Lipinski definition) is 1. The highest BCUT2D eigenvalue weighted by molar-refractivity contribution is 5.43. The maximum atomic E-state index is 12.9. The maximum absolute atomic E-state index is 12.9. The Labute approximate surface area is 88.6 Å². The van der Waals surface area contributed by atoms with E-state index in [0.29, 0.717) is 6.54 Å². The Morgan fingerprint density at radius 2 is 1.73 bits per heavy atom. The zero-order chi connectivity index (χ0) is 10.5. The van der Waals surface area contributed by atoms with Gasteiger partial charge in [0.15, 0.2) is 0 Å². The fourth-order valence-corrected chi connectivity index (χ4v) is 1.41. The van der Waals surface area contributed by atoms with Crippen molar-refractivity contribution in [2.75, 3.05) is 5.32 Å². The summed E-state index contributed by atoms with van der Waals surface area (Å²) in [7, 11) is 0. The monoisotopic (exact) mass is 201 g/mol. The SMILES string of the molecule is Fc1cccc(CNc2ccccc2)c1. The van der Waals surface area contributed by atoms with Crippen molar-refractivity contribution in [3.8, 4) is 0 Å². The van der Waals surface area contributed by atoms with Crippen molar-refractivity contribution in [3.05, 3.63) is 66.0 Å². The van der Waals surface area contributed by atoms with E-state index in [1.54, 1.807) is 6.07 Å². The van der Waals surface area contributed by atoms with Gasteiger partial charge in [-0.2, -0.15) is 0 Å². The molecule has 0 aliphatic heterocycles. The Bertz CT molecular complexity index is 426. The summed E-state index contributed by atoms with van der Waals surface area (Å²) in [5.41, 5.74) is 1.99. The van der Waals surface area contributed by atoms with Crippen LogP contribution in [-0.4, -0.2) is 0 Å². The molecule has 2 rings (SSSR count). The van der Waals surface area contributed by atoms with Crippen LogP contribution in [0, 0.1) is 5.82 Å². The molecule has 0 saturated heterocycles. The van der Waals surface area contributed by atoms with Crippen molar-refractivity contribution in [3.63, 3.8) is 0 Å². The molecule has 0 heterocycles. The quantitative estimate of drug-likeness (QED) is 0.802. The van der Waals surface area contributed by atoms with Gasteiger partial charge < -0.3 is 5.32 Å². The van der Waals surface area contributed by atoms with Crippen LogP contribution in [0.25, 0.3) is 0 Å². The number of benzene rings is 2. The molecule has 1 nitrogen and oxygen atoms in total. The van der Waals surface area contributed by atoms with Gasteiger partial charge in [0.2, 0.25) is 0 Å². The third-order valence-electron chi connectivity index (χ3n) is 2.16. The number of nitrogens with one attached hydrogen (secondary N) is 1. The molecule has 0 unspecified atom stereocenters. The molecule has 1 N–H and O–H groups in total. The molecular weight excluding hydrogens is 189 g/mol. The lowest BCUT2D eigenvalue weighted by atomic mass is 10.2. The van der Waals surface area contributed by atoms with Crippen molar-refractivity contribution < 1.29 is 4.39 Å². The first-order valence-electron chi connectivity index (χ1n) is 4.88. The second kappa shape index (κ2) is 4.60. The molecular formula is C13H12FN. The molecule has 0 spiro atoms. The van der Waals surface area contributed by atoms with E-state index >= 15 is 0 Å². The molecule has 0 aliphatic carbocycles. The van der Waals surface area contributed by atoms with Crippen molar-refractivity contribution >= 4 is 5.69 Å². The summed E-state index contributed by atoms with van der Waals surface area (Å²) in [6.45, 7) is 0.641. The largest absolute Gasteiger partial charge is 0.381 e. The Morgan fingerprint density at radius 1 is 0.933 bits per heavy atom. The summed E-state index contributed by atoms with van der Waals surface area (Å²) in [4.78, 5) is 0. The normalized spacial score (nSPS) is 9.93. The molecule has 2 aromatic carbocycles. The molecule has 0 bridgehead atoms. The van der Waals surface area contributed by atoms with E-state index in [2.05, 4.69) is 5.32 Å². The lowest BCUT2D eigenvalue weighted by Gasteiger charge is -2.05. The maximum Gasteiger partial charge on any atom is 0.123 e. The third-order valence-corrected chi connectivity index (χ3v) is 2.16. The lowest BCUT2D eigenvalue weighted by Crippen LogP contribution is -1.99. The summed E-state index contributed by atoms with van der Waals surface area (Å²) in [5.74, 6) is -0.192. The first-order chi connectivity index (χ1) is 7.34. The van der Waals surface area contributed by atoms with Crippen LogP contribution in [0.1, 0.15) is 5.56 Å². The minimum Gasteiger partial charge on any atom is -0.381 e. The van der Waals surface area contributed by atoms with E-state index in [1.165, 1.54) is 12.1 Å². The Balaban J connectivity index is 1.99. The molecule has 0 atom stereocenters. The van der Waals surface area contributed by atoms with Gasteiger partial charge in [0.25, 0.3) is 0 Å². The summed E-state index contributed by atoms with van der Waals surface area (Å²) < 4.78 is 12.9. The van der Waals surface area contributed by atoms with Crippen LogP contribution in [-0.2, 0) is 6.54 Å². The molecule has 0 fully saturated rings. The van der Waals surface area contributed by atoms with Crippen LogP contribution < -0.4 is 5.32 Å². The first-order valence-corrected chi connectivity index (χ1v) is 4.88. The fourth-order valence-electron chi connectivity index (χ4n) is 1.41. The first kappa shape index (κ1) is 9.71. The van der Waals surface area contributed by atoms with Crippen LogP contribution >= 0.6 is 0 Å². The van der Waals surface area contributed by atoms with E-state index in [0.717, 1.165) is 11.3 Å². The van der Waals surface area contributed by atoms with E-state index in [9.17, 15) is 4.39 Å². The molecule has 2 aromatic rings. The number of para-hydroxylation sites is 1. The van der Waals surface area contributed by atoms with Crippen molar-refractivity contribution in [2.24, 2.45) is 0 Å². The van der Waals surface area contributed by atoms with E-state index in [-0.39, 0.29) is 5.82 Å². The highest BCUT2D eigenvalue weighted by Gasteiger charge is 1.94. The molecule has 0 aromatic heterocycles. The second-order valence-corrected chi connectivity index (χ2v) is 3.35. The van der Waals surface area contributed by atoms with E-state index in [1.807, 2.05) is 36.4 Å². The average molecular weight is 201 g/mol. The summed E-state index contributed by atoms with van der Waals surface area (Å²) in [6.07, 6.45) is 0. The summed E-state index contributed by atoms with van der Waals surface area (Å²) in [6, 6.07) is 16.5. The van der Waals surface area contributed by atoms with E-state index < -0.39 is 0 Å².